The highest BCUT2D eigenvalue weighted by atomic mass is 16.5. The number of fused-ring (bicyclic) bond motifs is 1. The maximum atomic E-state index is 12.4. The molecular weight excluding hydrogens is 302 g/mol. The quantitative estimate of drug-likeness (QED) is 0.856. The van der Waals surface area contributed by atoms with Gasteiger partial charge in [0.25, 0.3) is 5.91 Å². The van der Waals surface area contributed by atoms with Crippen LogP contribution in [0, 0.1) is 0 Å². The monoisotopic (exact) mass is 327 g/mol. The minimum atomic E-state index is -0.256. The summed E-state index contributed by atoms with van der Waals surface area (Å²) in [5, 5.41) is 14.9. The molecule has 0 atom stereocenters. The summed E-state index contributed by atoms with van der Waals surface area (Å²) in [6.07, 6.45) is 6.78. The molecule has 1 aliphatic rings. The molecule has 1 saturated carbocycles. The van der Waals surface area contributed by atoms with Crippen LogP contribution in [0.3, 0.4) is 0 Å². The summed E-state index contributed by atoms with van der Waals surface area (Å²) in [5.74, 6) is 0.459. The Morgan fingerprint density at radius 1 is 1.21 bits per heavy atom. The van der Waals surface area contributed by atoms with E-state index in [1.165, 1.54) is 19.3 Å². The number of amides is 1. The van der Waals surface area contributed by atoms with E-state index in [4.69, 9.17) is 4.74 Å². The molecule has 24 heavy (non-hydrogen) atoms. The Bertz CT molecular complexity index is 720. The Balaban J connectivity index is 1.99. The fraction of sp³-hybridized carbons (Fsp3) is 0.450. The van der Waals surface area contributed by atoms with E-state index in [1.54, 1.807) is 6.07 Å². The fourth-order valence-corrected chi connectivity index (χ4v) is 3.29. The van der Waals surface area contributed by atoms with Gasteiger partial charge in [0.05, 0.1) is 11.7 Å². The lowest BCUT2D eigenvalue weighted by atomic mass is 9.97. The van der Waals surface area contributed by atoms with Crippen LogP contribution in [0.1, 0.15) is 55.8 Å². The van der Waals surface area contributed by atoms with E-state index in [2.05, 4.69) is 5.32 Å². The Morgan fingerprint density at radius 2 is 1.92 bits per heavy atom. The van der Waals surface area contributed by atoms with Gasteiger partial charge < -0.3 is 15.2 Å². The smallest absolute Gasteiger partial charge is 0.255 e. The van der Waals surface area contributed by atoms with Crippen molar-refractivity contribution in [2.45, 2.75) is 51.6 Å². The first-order valence-corrected chi connectivity index (χ1v) is 8.90. The van der Waals surface area contributed by atoms with E-state index in [1.807, 2.05) is 31.2 Å². The Kier molecular flexibility index (Phi) is 5.24. The molecule has 0 heterocycles. The standard InChI is InChI=1S/C20H25NO3/c1-2-12-21-20(23)17-13-18(24-14-8-4-3-5-9-14)15-10-6-7-11-16(15)19(17)22/h6-7,10-11,13-14,22H,2-5,8-9,12H2,1H3,(H,21,23). The molecule has 0 radical (unpaired) electrons. The van der Waals surface area contributed by atoms with Crippen molar-refractivity contribution in [1.29, 1.82) is 0 Å². The van der Waals surface area contributed by atoms with Gasteiger partial charge in [-0.15, -0.1) is 0 Å². The summed E-state index contributed by atoms with van der Waals surface area (Å²) in [5.41, 5.74) is 0.285. The van der Waals surface area contributed by atoms with Crippen molar-refractivity contribution >= 4 is 16.7 Å². The maximum absolute atomic E-state index is 12.4. The first kappa shape index (κ1) is 16.6. The molecule has 0 aromatic heterocycles. The molecule has 3 rings (SSSR count). The van der Waals surface area contributed by atoms with Gasteiger partial charge in [-0.2, -0.15) is 0 Å². The Hall–Kier alpha value is -2.23. The van der Waals surface area contributed by atoms with Gasteiger partial charge in [-0.25, -0.2) is 0 Å². The minimum Gasteiger partial charge on any atom is -0.506 e. The van der Waals surface area contributed by atoms with Crippen molar-refractivity contribution in [3.05, 3.63) is 35.9 Å². The normalized spacial score (nSPS) is 15.4. The summed E-state index contributed by atoms with van der Waals surface area (Å²) < 4.78 is 6.23. The molecule has 0 saturated heterocycles. The van der Waals surface area contributed by atoms with Gasteiger partial charge in [0, 0.05) is 17.3 Å². The molecular formula is C20H25NO3. The number of phenolic OH excluding ortho intramolecular Hbond substituents is 1. The summed E-state index contributed by atoms with van der Waals surface area (Å²) in [7, 11) is 0. The van der Waals surface area contributed by atoms with Crippen LogP contribution in [0.25, 0.3) is 10.8 Å². The van der Waals surface area contributed by atoms with Gasteiger partial charge >= 0.3 is 0 Å². The van der Waals surface area contributed by atoms with Crippen molar-refractivity contribution < 1.29 is 14.6 Å². The number of nitrogens with one attached hydrogen (secondary N) is 1. The molecule has 1 fully saturated rings. The topological polar surface area (TPSA) is 58.6 Å². The molecule has 0 spiro atoms. The Morgan fingerprint density at radius 3 is 2.62 bits per heavy atom. The van der Waals surface area contributed by atoms with E-state index in [0.29, 0.717) is 17.7 Å². The lowest BCUT2D eigenvalue weighted by Gasteiger charge is -2.24. The fourth-order valence-electron chi connectivity index (χ4n) is 3.29. The third kappa shape index (κ3) is 3.48. The third-order valence-corrected chi connectivity index (χ3v) is 4.60. The van der Waals surface area contributed by atoms with Gasteiger partial charge in [0.15, 0.2) is 0 Å². The Labute approximate surface area is 142 Å². The first-order valence-electron chi connectivity index (χ1n) is 8.90. The largest absolute Gasteiger partial charge is 0.506 e. The SMILES string of the molecule is CCCNC(=O)c1cc(OC2CCCCC2)c2ccccc2c1O. The summed E-state index contributed by atoms with van der Waals surface area (Å²) >= 11 is 0. The number of carbonyl (C=O) groups excluding carboxylic acids is 1. The third-order valence-electron chi connectivity index (χ3n) is 4.60. The van der Waals surface area contributed by atoms with E-state index >= 15 is 0 Å². The first-order chi connectivity index (χ1) is 11.7. The second-order valence-corrected chi connectivity index (χ2v) is 6.45. The van der Waals surface area contributed by atoms with Gasteiger partial charge in [-0.1, -0.05) is 37.6 Å². The second kappa shape index (κ2) is 7.56. The van der Waals surface area contributed by atoms with Crippen molar-refractivity contribution in [1.82, 2.24) is 5.32 Å². The van der Waals surface area contributed by atoms with Gasteiger partial charge in [0.1, 0.15) is 11.5 Å². The number of hydrogen-bond acceptors (Lipinski definition) is 3. The zero-order chi connectivity index (χ0) is 16.9. The zero-order valence-corrected chi connectivity index (χ0v) is 14.2. The highest BCUT2D eigenvalue weighted by Gasteiger charge is 2.21. The van der Waals surface area contributed by atoms with Gasteiger partial charge in [0.2, 0.25) is 0 Å². The predicted molar refractivity (Wildman–Crippen MR) is 95.7 cm³/mol. The van der Waals surface area contributed by atoms with Crippen LogP contribution in [0.2, 0.25) is 0 Å². The molecule has 1 amide bonds. The van der Waals surface area contributed by atoms with Crippen molar-refractivity contribution in [2.75, 3.05) is 6.54 Å². The van der Waals surface area contributed by atoms with Crippen LogP contribution in [-0.4, -0.2) is 23.7 Å². The lowest BCUT2D eigenvalue weighted by Crippen LogP contribution is -2.24. The molecule has 2 aromatic carbocycles. The van der Waals surface area contributed by atoms with Gasteiger partial charge in [-0.3, -0.25) is 4.79 Å². The van der Waals surface area contributed by atoms with E-state index in [0.717, 1.165) is 24.6 Å². The number of benzene rings is 2. The number of aromatic hydroxyl groups is 1. The number of hydrogen-bond donors (Lipinski definition) is 2. The molecule has 1 aliphatic carbocycles. The molecule has 0 aliphatic heterocycles. The second-order valence-electron chi connectivity index (χ2n) is 6.45. The average Bonchev–Trinajstić information content (AvgIpc) is 2.63. The lowest BCUT2D eigenvalue weighted by molar-refractivity contribution is 0.0950. The molecule has 0 unspecified atom stereocenters. The molecule has 2 N–H and O–H groups in total. The average molecular weight is 327 g/mol. The molecule has 0 bridgehead atoms. The van der Waals surface area contributed by atoms with Crippen LogP contribution in [-0.2, 0) is 0 Å². The summed E-state index contributed by atoms with van der Waals surface area (Å²) in [4.78, 5) is 12.4. The van der Waals surface area contributed by atoms with Crippen molar-refractivity contribution in [3.8, 4) is 11.5 Å². The van der Waals surface area contributed by atoms with Crippen LogP contribution >= 0.6 is 0 Å². The number of ether oxygens (including phenoxy) is 1. The van der Waals surface area contributed by atoms with Crippen LogP contribution in [0.4, 0.5) is 0 Å². The summed E-state index contributed by atoms with van der Waals surface area (Å²) in [6, 6.07) is 9.24. The number of carbonyl (C=O) groups is 1. The number of phenols is 1. The van der Waals surface area contributed by atoms with Gasteiger partial charge in [-0.05, 0) is 38.2 Å². The van der Waals surface area contributed by atoms with E-state index in [-0.39, 0.29) is 23.3 Å². The zero-order valence-electron chi connectivity index (χ0n) is 14.2. The van der Waals surface area contributed by atoms with E-state index in [9.17, 15) is 9.90 Å². The highest BCUT2D eigenvalue weighted by molar-refractivity contribution is 6.05. The number of rotatable bonds is 5. The maximum Gasteiger partial charge on any atom is 0.255 e. The molecule has 4 nitrogen and oxygen atoms in total. The van der Waals surface area contributed by atoms with Crippen LogP contribution in [0.15, 0.2) is 30.3 Å². The van der Waals surface area contributed by atoms with Crippen molar-refractivity contribution in [2.24, 2.45) is 0 Å². The highest BCUT2D eigenvalue weighted by Crippen LogP contribution is 2.37. The van der Waals surface area contributed by atoms with Crippen molar-refractivity contribution in [3.63, 3.8) is 0 Å². The summed E-state index contributed by atoms with van der Waals surface area (Å²) in [6.45, 7) is 2.59. The minimum absolute atomic E-state index is 0.0233. The van der Waals surface area contributed by atoms with Crippen LogP contribution in [0.5, 0.6) is 11.5 Å². The molecule has 2 aromatic rings. The predicted octanol–water partition coefficient (Wildman–Crippen LogP) is 4.40. The van der Waals surface area contributed by atoms with Crippen LogP contribution < -0.4 is 10.1 Å². The molecule has 4 heteroatoms. The van der Waals surface area contributed by atoms with E-state index < -0.39 is 0 Å². The molecule has 128 valence electrons.